The molecular formula is C13H18BrNO2. The fourth-order valence-electron chi connectivity index (χ4n) is 2.11. The molecule has 17 heavy (non-hydrogen) atoms. The third kappa shape index (κ3) is 3.69. The Bertz CT molecular complexity index is 384. The van der Waals surface area contributed by atoms with E-state index in [0.717, 1.165) is 30.5 Å². The van der Waals surface area contributed by atoms with Gasteiger partial charge in [-0.25, -0.2) is 0 Å². The molecule has 0 spiro atoms. The predicted molar refractivity (Wildman–Crippen MR) is 71.1 cm³/mol. The number of aromatic hydroxyl groups is 1. The number of phenols is 1. The van der Waals surface area contributed by atoms with Crippen LogP contribution < -0.4 is 5.32 Å². The lowest BCUT2D eigenvalue weighted by Gasteiger charge is -2.28. The van der Waals surface area contributed by atoms with Gasteiger partial charge in [0.15, 0.2) is 0 Å². The van der Waals surface area contributed by atoms with Gasteiger partial charge < -0.3 is 15.2 Å². The van der Waals surface area contributed by atoms with Gasteiger partial charge in [0.05, 0.1) is 10.6 Å². The monoisotopic (exact) mass is 299 g/mol. The van der Waals surface area contributed by atoms with E-state index in [-0.39, 0.29) is 5.75 Å². The van der Waals surface area contributed by atoms with Crippen LogP contribution in [0, 0.1) is 0 Å². The van der Waals surface area contributed by atoms with Crippen molar-refractivity contribution in [3.63, 3.8) is 0 Å². The van der Waals surface area contributed by atoms with Crippen LogP contribution >= 0.6 is 15.9 Å². The summed E-state index contributed by atoms with van der Waals surface area (Å²) in [6.45, 7) is 3.79. The highest BCUT2D eigenvalue weighted by molar-refractivity contribution is 9.10. The van der Waals surface area contributed by atoms with E-state index in [2.05, 4.69) is 28.2 Å². The molecule has 2 rings (SSSR count). The second-order valence-electron chi connectivity index (χ2n) is 4.57. The fourth-order valence-corrected chi connectivity index (χ4v) is 2.53. The Morgan fingerprint density at radius 1 is 1.53 bits per heavy atom. The standard InChI is InChI=1S/C13H18BrNO2/c1-9-6-11(4-5-17-9)15-8-10-2-3-13(16)12(14)7-10/h2-3,7,9,11,15-16H,4-6,8H2,1H3. The minimum atomic E-state index is 0.286. The molecule has 0 radical (unpaired) electrons. The topological polar surface area (TPSA) is 41.5 Å². The number of nitrogens with one attached hydrogen (secondary N) is 1. The Labute approximate surface area is 110 Å². The third-order valence-corrected chi connectivity index (χ3v) is 3.73. The van der Waals surface area contributed by atoms with Gasteiger partial charge in [0.25, 0.3) is 0 Å². The van der Waals surface area contributed by atoms with Gasteiger partial charge in [-0.3, -0.25) is 0 Å². The summed E-state index contributed by atoms with van der Waals surface area (Å²) in [7, 11) is 0. The summed E-state index contributed by atoms with van der Waals surface area (Å²) >= 11 is 3.32. The Kier molecular flexibility index (Phi) is 4.42. The van der Waals surface area contributed by atoms with Crippen LogP contribution in [0.4, 0.5) is 0 Å². The van der Waals surface area contributed by atoms with Gasteiger partial charge >= 0.3 is 0 Å². The van der Waals surface area contributed by atoms with E-state index in [4.69, 9.17) is 4.74 Å². The molecule has 1 aromatic carbocycles. The zero-order chi connectivity index (χ0) is 12.3. The summed E-state index contributed by atoms with van der Waals surface area (Å²) in [5.74, 6) is 0.286. The van der Waals surface area contributed by atoms with E-state index in [1.165, 1.54) is 5.56 Å². The van der Waals surface area contributed by atoms with Crippen LogP contribution in [0.1, 0.15) is 25.3 Å². The van der Waals surface area contributed by atoms with Crippen LogP contribution in [0.15, 0.2) is 22.7 Å². The first kappa shape index (κ1) is 12.9. The number of benzene rings is 1. The lowest BCUT2D eigenvalue weighted by molar-refractivity contribution is 0.0130. The Morgan fingerprint density at radius 3 is 3.06 bits per heavy atom. The van der Waals surface area contributed by atoms with Crippen molar-refractivity contribution in [2.75, 3.05) is 6.61 Å². The molecule has 1 heterocycles. The molecule has 0 saturated carbocycles. The molecule has 1 aromatic rings. The maximum Gasteiger partial charge on any atom is 0.129 e. The zero-order valence-electron chi connectivity index (χ0n) is 9.95. The summed E-state index contributed by atoms with van der Waals surface area (Å²) in [6.07, 6.45) is 2.50. The normalized spacial score (nSPS) is 24.8. The van der Waals surface area contributed by atoms with Crippen LogP contribution in [0.5, 0.6) is 5.75 Å². The maximum atomic E-state index is 9.41. The van der Waals surface area contributed by atoms with Crippen LogP contribution in [0.3, 0.4) is 0 Å². The average molecular weight is 300 g/mol. The van der Waals surface area contributed by atoms with Gasteiger partial charge in [-0.2, -0.15) is 0 Å². The highest BCUT2D eigenvalue weighted by Gasteiger charge is 2.18. The quantitative estimate of drug-likeness (QED) is 0.902. The molecule has 4 heteroatoms. The van der Waals surface area contributed by atoms with Crippen LogP contribution in [0.25, 0.3) is 0 Å². The summed E-state index contributed by atoms with van der Waals surface area (Å²) in [6, 6.07) is 6.14. The van der Waals surface area contributed by atoms with Gasteiger partial charge in [0, 0.05) is 19.2 Å². The van der Waals surface area contributed by atoms with Crippen molar-refractivity contribution in [2.24, 2.45) is 0 Å². The highest BCUT2D eigenvalue weighted by Crippen LogP contribution is 2.24. The van der Waals surface area contributed by atoms with E-state index in [0.29, 0.717) is 12.1 Å². The first-order valence-electron chi connectivity index (χ1n) is 5.97. The highest BCUT2D eigenvalue weighted by atomic mass is 79.9. The van der Waals surface area contributed by atoms with E-state index < -0.39 is 0 Å². The number of hydrogen-bond acceptors (Lipinski definition) is 3. The molecule has 2 atom stereocenters. The summed E-state index contributed by atoms with van der Waals surface area (Å²) in [5, 5.41) is 12.9. The van der Waals surface area contributed by atoms with Crippen molar-refractivity contribution in [3.8, 4) is 5.75 Å². The molecule has 1 aliphatic heterocycles. The Morgan fingerprint density at radius 2 is 2.35 bits per heavy atom. The van der Waals surface area contributed by atoms with Gasteiger partial charge in [0.1, 0.15) is 5.75 Å². The average Bonchev–Trinajstić information content (AvgIpc) is 2.31. The van der Waals surface area contributed by atoms with Crippen LogP contribution in [-0.4, -0.2) is 23.9 Å². The van der Waals surface area contributed by atoms with Crippen molar-refractivity contribution in [3.05, 3.63) is 28.2 Å². The van der Waals surface area contributed by atoms with Crippen LogP contribution in [0.2, 0.25) is 0 Å². The SMILES string of the molecule is CC1CC(NCc2ccc(O)c(Br)c2)CCO1. The van der Waals surface area contributed by atoms with E-state index in [1.54, 1.807) is 6.07 Å². The van der Waals surface area contributed by atoms with E-state index in [1.807, 2.05) is 12.1 Å². The molecular weight excluding hydrogens is 282 g/mol. The van der Waals surface area contributed by atoms with Crippen LogP contribution in [-0.2, 0) is 11.3 Å². The number of ether oxygens (including phenoxy) is 1. The number of rotatable bonds is 3. The number of phenolic OH excluding ortho intramolecular Hbond substituents is 1. The first-order valence-corrected chi connectivity index (χ1v) is 6.77. The molecule has 0 aliphatic carbocycles. The minimum Gasteiger partial charge on any atom is -0.507 e. The fraction of sp³-hybridized carbons (Fsp3) is 0.538. The minimum absolute atomic E-state index is 0.286. The third-order valence-electron chi connectivity index (χ3n) is 3.09. The molecule has 2 unspecified atom stereocenters. The maximum absolute atomic E-state index is 9.41. The molecule has 94 valence electrons. The van der Waals surface area contributed by atoms with Gasteiger partial charge in [-0.15, -0.1) is 0 Å². The van der Waals surface area contributed by atoms with Gasteiger partial charge in [-0.1, -0.05) is 6.07 Å². The predicted octanol–water partition coefficient (Wildman–Crippen LogP) is 2.81. The van der Waals surface area contributed by atoms with Gasteiger partial charge in [-0.05, 0) is 53.4 Å². The van der Waals surface area contributed by atoms with E-state index in [9.17, 15) is 5.11 Å². The summed E-state index contributed by atoms with van der Waals surface area (Å²) < 4.78 is 6.26. The molecule has 0 bridgehead atoms. The van der Waals surface area contributed by atoms with E-state index >= 15 is 0 Å². The molecule has 3 nitrogen and oxygen atoms in total. The number of hydrogen-bond donors (Lipinski definition) is 2. The van der Waals surface area contributed by atoms with Crippen molar-refractivity contribution in [1.82, 2.24) is 5.32 Å². The second kappa shape index (κ2) is 5.85. The summed E-state index contributed by atoms with van der Waals surface area (Å²) in [5.41, 5.74) is 1.17. The molecule has 1 saturated heterocycles. The molecule has 2 N–H and O–H groups in total. The van der Waals surface area contributed by atoms with Gasteiger partial charge in [0.2, 0.25) is 0 Å². The lowest BCUT2D eigenvalue weighted by Crippen LogP contribution is -2.37. The zero-order valence-corrected chi connectivity index (χ0v) is 11.5. The van der Waals surface area contributed by atoms with Crippen molar-refractivity contribution in [1.29, 1.82) is 0 Å². The molecule has 0 aromatic heterocycles. The Hall–Kier alpha value is -0.580. The molecule has 1 fully saturated rings. The second-order valence-corrected chi connectivity index (χ2v) is 5.42. The Balaban J connectivity index is 1.86. The summed E-state index contributed by atoms with van der Waals surface area (Å²) in [4.78, 5) is 0. The van der Waals surface area contributed by atoms with Crippen molar-refractivity contribution < 1.29 is 9.84 Å². The van der Waals surface area contributed by atoms with Crippen molar-refractivity contribution >= 4 is 15.9 Å². The first-order chi connectivity index (χ1) is 8.15. The largest absolute Gasteiger partial charge is 0.507 e. The van der Waals surface area contributed by atoms with Crippen molar-refractivity contribution in [2.45, 2.75) is 38.5 Å². The molecule has 1 aliphatic rings. The smallest absolute Gasteiger partial charge is 0.129 e. The molecule has 0 amide bonds. The number of halogens is 1. The lowest BCUT2D eigenvalue weighted by atomic mass is 10.0.